The molecule has 4 aromatic rings. The lowest BCUT2D eigenvalue weighted by Crippen LogP contribution is -2.09. The van der Waals surface area contributed by atoms with E-state index in [1.165, 1.54) is 0 Å². The lowest BCUT2D eigenvalue weighted by molar-refractivity contribution is 0.463. The standard InChI is InChI=1S/C19H11Cl2N3O2/c20-12-5-6-15-13(10-12)19(25)24-18(23-15)11-7-8-22-17(9-11)26-16-4-2-1-3-14(16)21/h1-10H,(H,23,24,25). The molecule has 26 heavy (non-hydrogen) atoms. The highest BCUT2D eigenvalue weighted by molar-refractivity contribution is 6.32. The van der Waals surface area contributed by atoms with E-state index in [1.807, 2.05) is 12.1 Å². The molecule has 1 N–H and O–H groups in total. The Hall–Kier alpha value is -2.89. The van der Waals surface area contributed by atoms with Crippen LogP contribution in [0, 0.1) is 0 Å². The van der Waals surface area contributed by atoms with E-state index in [4.69, 9.17) is 27.9 Å². The summed E-state index contributed by atoms with van der Waals surface area (Å²) in [5.74, 6) is 1.25. The average Bonchev–Trinajstić information content (AvgIpc) is 2.64. The van der Waals surface area contributed by atoms with Crippen LogP contribution >= 0.6 is 23.2 Å². The Morgan fingerprint density at radius 3 is 2.69 bits per heavy atom. The number of benzene rings is 2. The predicted molar refractivity (Wildman–Crippen MR) is 102 cm³/mol. The van der Waals surface area contributed by atoms with Gasteiger partial charge in [-0.2, -0.15) is 0 Å². The fraction of sp³-hybridized carbons (Fsp3) is 0. The lowest BCUT2D eigenvalue weighted by atomic mass is 10.2. The zero-order chi connectivity index (χ0) is 18.1. The summed E-state index contributed by atoms with van der Waals surface area (Å²) in [5.41, 5.74) is 0.951. The highest BCUT2D eigenvalue weighted by Crippen LogP contribution is 2.29. The molecule has 5 nitrogen and oxygen atoms in total. The molecule has 2 aromatic carbocycles. The van der Waals surface area contributed by atoms with Crippen LogP contribution in [0.1, 0.15) is 0 Å². The first-order valence-electron chi connectivity index (χ1n) is 7.68. The van der Waals surface area contributed by atoms with Crippen molar-refractivity contribution in [3.63, 3.8) is 0 Å². The van der Waals surface area contributed by atoms with Gasteiger partial charge in [0.25, 0.3) is 5.56 Å². The maximum atomic E-state index is 12.3. The lowest BCUT2D eigenvalue weighted by Gasteiger charge is -2.08. The number of ether oxygens (including phenoxy) is 1. The first-order chi connectivity index (χ1) is 12.6. The predicted octanol–water partition coefficient (Wildman–Crippen LogP) is 5.08. The van der Waals surface area contributed by atoms with E-state index in [-0.39, 0.29) is 5.56 Å². The number of hydrogen-bond donors (Lipinski definition) is 1. The van der Waals surface area contributed by atoms with Crippen molar-refractivity contribution in [2.24, 2.45) is 0 Å². The molecule has 0 spiro atoms. The van der Waals surface area contributed by atoms with E-state index in [2.05, 4.69) is 15.0 Å². The molecule has 2 aromatic heterocycles. The molecule has 0 bridgehead atoms. The summed E-state index contributed by atoms with van der Waals surface area (Å²) >= 11 is 12.0. The molecule has 0 aliphatic heterocycles. The van der Waals surface area contributed by atoms with Gasteiger partial charge in [-0.3, -0.25) is 4.79 Å². The van der Waals surface area contributed by atoms with Crippen molar-refractivity contribution in [3.8, 4) is 23.0 Å². The summed E-state index contributed by atoms with van der Waals surface area (Å²) in [6.07, 6.45) is 1.58. The van der Waals surface area contributed by atoms with Gasteiger partial charge in [-0.15, -0.1) is 0 Å². The van der Waals surface area contributed by atoms with Gasteiger partial charge < -0.3 is 9.72 Å². The van der Waals surface area contributed by atoms with Gasteiger partial charge in [0.2, 0.25) is 5.88 Å². The summed E-state index contributed by atoms with van der Waals surface area (Å²) in [6, 6.07) is 15.5. The summed E-state index contributed by atoms with van der Waals surface area (Å²) < 4.78 is 5.72. The molecule has 0 aliphatic carbocycles. The third-order valence-corrected chi connectivity index (χ3v) is 4.27. The Balaban J connectivity index is 1.75. The molecule has 0 saturated heterocycles. The van der Waals surface area contributed by atoms with Crippen LogP contribution in [0.2, 0.25) is 10.0 Å². The number of hydrogen-bond acceptors (Lipinski definition) is 4. The number of aromatic nitrogens is 3. The Bertz CT molecular complexity index is 1170. The van der Waals surface area contributed by atoms with Crippen molar-refractivity contribution < 1.29 is 4.74 Å². The fourth-order valence-electron chi connectivity index (χ4n) is 2.50. The van der Waals surface area contributed by atoms with Gasteiger partial charge in [0.15, 0.2) is 0 Å². The minimum absolute atomic E-state index is 0.266. The highest BCUT2D eigenvalue weighted by Gasteiger charge is 2.09. The van der Waals surface area contributed by atoms with Crippen molar-refractivity contribution in [3.05, 3.63) is 81.2 Å². The molecule has 0 fully saturated rings. The second-order valence-electron chi connectivity index (χ2n) is 5.49. The van der Waals surface area contributed by atoms with Crippen molar-refractivity contribution >= 4 is 34.1 Å². The quantitative estimate of drug-likeness (QED) is 0.535. The molecule has 0 unspecified atom stereocenters. The first-order valence-corrected chi connectivity index (χ1v) is 8.44. The third kappa shape index (κ3) is 3.27. The van der Waals surface area contributed by atoms with Gasteiger partial charge in [0.05, 0.1) is 15.9 Å². The van der Waals surface area contributed by atoms with Crippen LogP contribution in [-0.4, -0.2) is 15.0 Å². The number of halogens is 2. The number of rotatable bonds is 3. The van der Waals surface area contributed by atoms with Crippen molar-refractivity contribution in [1.29, 1.82) is 0 Å². The zero-order valence-corrected chi connectivity index (χ0v) is 14.8. The first kappa shape index (κ1) is 16.6. The molecular weight excluding hydrogens is 373 g/mol. The highest BCUT2D eigenvalue weighted by atomic mass is 35.5. The van der Waals surface area contributed by atoms with Gasteiger partial charge in [0.1, 0.15) is 11.6 Å². The summed E-state index contributed by atoms with van der Waals surface area (Å²) in [6.45, 7) is 0. The third-order valence-electron chi connectivity index (χ3n) is 3.73. The van der Waals surface area contributed by atoms with Gasteiger partial charge in [-0.1, -0.05) is 35.3 Å². The molecule has 0 amide bonds. The minimum atomic E-state index is -0.266. The molecule has 0 atom stereocenters. The van der Waals surface area contributed by atoms with Crippen LogP contribution in [0.3, 0.4) is 0 Å². The minimum Gasteiger partial charge on any atom is -0.437 e. The summed E-state index contributed by atoms with van der Waals surface area (Å²) in [7, 11) is 0. The van der Waals surface area contributed by atoms with Gasteiger partial charge in [0, 0.05) is 22.8 Å². The monoisotopic (exact) mass is 383 g/mol. The Labute approximate surface area is 158 Å². The van der Waals surface area contributed by atoms with Crippen LogP contribution in [-0.2, 0) is 0 Å². The molecule has 2 heterocycles. The van der Waals surface area contributed by atoms with Gasteiger partial charge in [-0.25, -0.2) is 9.97 Å². The van der Waals surface area contributed by atoms with Crippen LogP contribution in [0.5, 0.6) is 11.6 Å². The molecule has 0 aliphatic rings. The maximum absolute atomic E-state index is 12.3. The Morgan fingerprint density at radius 1 is 1.00 bits per heavy atom. The fourth-order valence-corrected chi connectivity index (χ4v) is 2.85. The largest absolute Gasteiger partial charge is 0.437 e. The van der Waals surface area contributed by atoms with Crippen LogP contribution < -0.4 is 10.3 Å². The van der Waals surface area contributed by atoms with Crippen molar-refractivity contribution in [2.75, 3.05) is 0 Å². The van der Waals surface area contributed by atoms with Crippen molar-refractivity contribution in [1.82, 2.24) is 15.0 Å². The Morgan fingerprint density at radius 2 is 1.85 bits per heavy atom. The number of para-hydroxylation sites is 1. The van der Waals surface area contributed by atoms with Gasteiger partial charge >= 0.3 is 0 Å². The average molecular weight is 384 g/mol. The number of pyridine rings is 1. The smallest absolute Gasteiger partial charge is 0.259 e. The Kier molecular flexibility index (Phi) is 4.32. The zero-order valence-electron chi connectivity index (χ0n) is 13.2. The van der Waals surface area contributed by atoms with E-state index in [9.17, 15) is 4.79 Å². The number of nitrogens with one attached hydrogen (secondary N) is 1. The van der Waals surface area contributed by atoms with E-state index in [0.717, 1.165) is 0 Å². The summed E-state index contributed by atoms with van der Waals surface area (Å²) in [5, 5.41) is 1.40. The SMILES string of the molecule is O=c1[nH]c(-c2ccnc(Oc3ccccc3Cl)c2)nc2ccc(Cl)cc12. The normalized spacial score (nSPS) is 10.8. The number of fused-ring (bicyclic) bond motifs is 1. The maximum Gasteiger partial charge on any atom is 0.259 e. The van der Waals surface area contributed by atoms with Gasteiger partial charge in [-0.05, 0) is 36.4 Å². The molecule has 7 heteroatoms. The summed E-state index contributed by atoms with van der Waals surface area (Å²) in [4.78, 5) is 23.8. The number of nitrogens with zero attached hydrogens (tertiary/aromatic N) is 2. The second kappa shape index (κ2) is 6.78. The van der Waals surface area contributed by atoms with E-state index < -0.39 is 0 Å². The molecular formula is C19H11Cl2N3O2. The van der Waals surface area contributed by atoms with E-state index in [0.29, 0.717) is 44.0 Å². The number of H-pyrrole nitrogens is 1. The van der Waals surface area contributed by atoms with E-state index >= 15 is 0 Å². The molecule has 0 radical (unpaired) electrons. The molecule has 0 saturated carbocycles. The van der Waals surface area contributed by atoms with Crippen LogP contribution in [0.15, 0.2) is 65.6 Å². The molecule has 128 valence electrons. The topological polar surface area (TPSA) is 67.9 Å². The van der Waals surface area contributed by atoms with E-state index in [1.54, 1.807) is 48.7 Å². The second-order valence-corrected chi connectivity index (χ2v) is 6.33. The van der Waals surface area contributed by atoms with Crippen LogP contribution in [0.4, 0.5) is 0 Å². The van der Waals surface area contributed by atoms with Crippen LogP contribution in [0.25, 0.3) is 22.3 Å². The molecule has 4 rings (SSSR count). The van der Waals surface area contributed by atoms with Crippen molar-refractivity contribution in [2.45, 2.75) is 0 Å². The number of aromatic amines is 1.